The third-order valence-electron chi connectivity index (χ3n) is 5.37. The molecule has 0 radical (unpaired) electrons. The molecule has 0 fully saturated rings. The number of nitro groups is 1. The van der Waals surface area contributed by atoms with E-state index in [1.807, 2.05) is 37.3 Å². The molecule has 0 aliphatic carbocycles. The van der Waals surface area contributed by atoms with E-state index in [0.29, 0.717) is 11.1 Å². The fraction of sp³-hybridized carbons (Fsp3) is 0.240. The van der Waals surface area contributed by atoms with Crippen LogP contribution in [0.25, 0.3) is 0 Å². The minimum absolute atomic E-state index is 0.0480. The van der Waals surface area contributed by atoms with Crippen LogP contribution < -0.4 is 10.6 Å². The molecule has 2 aromatic carbocycles. The number of nitrogens with one attached hydrogen (secondary N) is 2. The molecule has 0 aliphatic rings. The van der Waals surface area contributed by atoms with Gasteiger partial charge in [-0.05, 0) is 44.9 Å². The Balaban J connectivity index is 1.93. The molecule has 0 spiro atoms. The number of nitro benzene ring substituents is 1. The van der Waals surface area contributed by atoms with Crippen LogP contribution in [0.4, 0.5) is 10.7 Å². The number of aryl methyl sites for hydroxylation is 1. The zero-order chi connectivity index (χ0) is 25.7. The molecule has 9 nitrogen and oxygen atoms in total. The van der Waals surface area contributed by atoms with Gasteiger partial charge in [0, 0.05) is 17.2 Å². The topological polar surface area (TPSA) is 128 Å². The lowest BCUT2D eigenvalue weighted by atomic mass is 10.1. The van der Waals surface area contributed by atoms with Crippen LogP contribution in [0, 0.1) is 24.0 Å². The molecule has 1 unspecified atom stereocenters. The summed E-state index contributed by atoms with van der Waals surface area (Å²) in [6.07, 6.45) is 0. The molecule has 1 aromatic heterocycles. The second-order valence-electron chi connectivity index (χ2n) is 7.80. The smallest absolute Gasteiger partial charge is 0.341 e. The van der Waals surface area contributed by atoms with E-state index in [0.717, 1.165) is 16.9 Å². The number of nitrogens with zero attached hydrogens (tertiary/aromatic N) is 1. The van der Waals surface area contributed by atoms with E-state index in [-0.39, 0.29) is 39.3 Å². The first-order valence-corrected chi connectivity index (χ1v) is 11.7. The molecule has 3 rings (SSSR count). The predicted octanol–water partition coefficient (Wildman–Crippen LogP) is 5.19. The summed E-state index contributed by atoms with van der Waals surface area (Å²) in [5.41, 5.74) is 1.63. The van der Waals surface area contributed by atoms with Gasteiger partial charge in [0.15, 0.2) is 0 Å². The lowest BCUT2D eigenvalue weighted by Gasteiger charge is -2.14. The van der Waals surface area contributed by atoms with Crippen LogP contribution in [0.3, 0.4) is 0 Å². The Morgan fingerprint density at radius 1 is 1.09 bits per heavy atom. The second-order valence-corrected chi connectivity index (χ2v) is 8.82. The molecule has 2 amide bonds. The Morgan fingerprint density at radius 3 is 2.40 bits per heavy atom. The molecular weight excluding hydrogens is 470 g/mol. The highest BCUT2D eigenvalue weighted by atomic mass is 32.1. The van der Waals surface area contributed by atoms with E-state index in [9.17, 15) is 24.5 Å². The number of thiophene rings is 1. The number of benzene rings is 2. The molecule has 2 N–H and O–H groups in total. The van der Waals surface area contributed by atoms with Gasteiger partial charge in [0.05, 0.1) is 28.0 Å². The fourth-order valence-electron chi connectivity index (χ4n) is 3.48. The molecule has 0 aliphatic heterocycles. The largest absolute Gasteiger partial charge is 0.462 e. The van der Waals surface area contributed by atoms with Crippen molar-refractivity contribution < 1.29 is 24.0 Å². The summed E-state index contributed by atoms with van der Waals surface area (Å²) in [6, 6.07) is 13.2. The average Bonchev–Trinajstić information content (AvgIpc) is 3.15. The molecule has 35 heavy (non-hydrogen) atoms. The number of esters is 1. The van der Waals surface area contributed by atoms with Crippen LogP contribution in [0.15, 0.2) is 48.5 Å². The van der Waals surface area contributed by atoms with Crippen molar-refractivity contribution in [3.05, 3.63) is 91.3 Å². The quantitative estimate of drug-likeness (QED) is 0.251. The first kappa shape index (κ1) is 25.6. The molecule has 0 saturated carbocycles. The first-order chi connectivity index (χ1) is 16.6. The minimum atomic E-state index is -0.679. The number of carbonyl (C=O) groups excluding carboxylic acids is 3. The summed E-state index contributed by atoms with van der Waals surface area (Å²) < 4.78 is 5.14. The number of hydrogen-bond acceptors (Lipinski definition) is 7. The van der Waals surface area contributed by atoms with Gasteiger partial charge in [0.1, 0.15) is 5.00 Å². The molecular formula is C25H25N3O6S. The first-order valence-electron chi connectivity index (χ1n) is 10.9. The summed E-state index contributed by atoms with van der Waals surface area (Å²) in [5, 5.41) is 16.9. The third kappa shape index (κ3) is 5.72. The van der Waals surface area contributed by atoms with E-state index in [1.54, 1.807) is 20.8 Å². The van der Waals surface area contributed by atoms with Crippen molar-refractivity contribution in [2.75, 3.05) is 11.9 Å². The van der Waals surface area contributed by atoms with Gasteiger partial charge in [-0.2, -0.15) is 0 Å². The Labute approximate surface area is 206 Å². The Bertz CT molecular complexity index is 1290. The zero-order valence-electron chi connectivity index (χ0n) is 19.7. The number of anilines is 1. The summed E-state index contributed by atoms with van der Waals surface area (Å²) in [5.74, 6) is -1.73. The number of hydrogen-bond donors (Lipinski definition) is 2. The average molecular weight is 496 g/mol. The second kappa shape index (κ2) is 10.9. The number of ether oxygens (including phenoxy) is 1. The van der Waals surface area contributed by atoms with E-state index < -0.39 is 22.7 Å². The maximum Gasteiger partial charge on any atom is 0.341 e. The molecule has 1 atom stereocenters. The molecule has 182 valence electrons. The predicted molar refractivity (Wildman–Crippen MR) is 133 cm³/mol. The van der Waals surface area contributed by atoms with Gasteiger partial charge in [-0.3, -0.25) is 19.7 Å². The van der Waals surface area contributed by atoms with Crippen LogP contribution in [0.2, 0.25) is 0 Å². The normalized spacial score (nSPS) is 11.4. The van der Waals surface area contributed by atoms with E-state index in [4.69, 9.17) is 4.74 Å². The van der Waals surface area contributed by atoms with Crippen LogP contribution in [-0.4, -0.2) is 29.3 Å². The van der Waals surface area contributed by atoms with Gasteiger partial charge < -0.3 is 15.4 Å². The van der Waals surface area contributed by atoms with E-state index >= 15 is 0 Å². The highest BCUT2D eigenvalue weighted by Crippen LogP contribution is 2.35. The van der Waals surface area contributed by atoms with Gasteiger partial charge in [0.25, 0.3) is 17.5 Å². The standard InChI is InChI=1S/C25H25N3O6S/c1-5-34-25(31)20-15(3)21(23(30)26-16(4)17-9-7-6-8-10-17)35-24(20)27-22(29)18-12-11-14(2)19(13-18)28(32)33/h6-13,16H,5H2,1-4H3,(H,26,30)(H,27,29). The van der Waals surface area contributed by atoms with Crippen molar-refractivity contribution in [2.24, 2.45) is 0 Å². The SMILES string of the molecule is CCOC(=O)c1c(NC(=O)c2ccc(C)c([N+](=O)[O-])c2)sc(C(=O)NC(C)c2ccccc2)c1C. The number of rotatable bonds is 8. The Morgan fingerprint density at radius 2 is 1.77 bits per heavy atom. The highest BCUT2D eigenvalue weighted by molar-refractivity contribution is 7.18. The molecule has 0 bridgehead atoms. The van der Waals surface area contributed by atoms with Crippen molar-refractivity contribution >= 4 is 39.8 Å². The lowest BCUT2D eigenvalue weighted by Crippen LogP contribution is -2.26. The fourth-order valence-corrected chi connectivity index (χ4v) is 4.57. The molecule has 3 aromatic rings. The van der Waals surface area contributed by atoms with Crippen LogP contribution in [0.5, 0.6) is 0 Å². The number of amides is 2. The van der Waals surface area contributed by atoms with Crippen molar-refractivity contribution in [1.29, 1.82) is 0 Å². The van der Waals surface area contributed by atoms with Gasteiger partial charge in [-0.1, -0.05) is 36.4 Å². The third-order valence-corrected chi connectivity index (χ3v) is 6.58. The van der Waals surface area contributed by atoms with Crippen LogP contribution in [-0.2, 0) is 4.74 Å². The van der Waals surface area contributed by atoms with Crippen molar-refractivity contribution in [2.45, 2.75) is 33.7 Å². The van der Waals surface area contributed by atoms with Gasteiger partial charge in [-0.15, -0.1) is 11.3 Å². The number of carbonyl (C=O) groups is 3. The molecule has 0 saturated heterocycles. The summed E-state index contributed by atoms with van der Waals surface area (Å²) in [7, 11) is 0. The van der Waals surface area contributed by atoms with Gasteiger partial charge in [-0.25, -0.2) is 4.79 Å². The Kier molecular flexibility index (Phi) is 7.98. The summed E-state index contributed by atoms with van der Waals surface area (Å²) >= 11 is 0.944. The zero-order valence-corrected chi connectivity index (χ0v) is 20.5. The monoisotopic (exact) mass is 495 g/mol. The van der Waals surface area contributed by atoms with Crippen molar-refractivity contribution in [3.8, 4) is 0 Å². The van der Waals surface area contributed by atoms with Gasteiger partial charge in [0.2, 0.25) is 0 Å². The minimum Gasteiger partial charge on any atom is -0.462 e. The summed E-state index contributed by atoms with van der Waals surface area (Å²) in [4.78, 5) is 49.6. The van der Waals surface area contributed by atoms with Gasteiger partial charge >= 0.3 is 5.97 Å². The molecule has 10 heteroatoms. The Hall–Kier alpha value is -4.05. The highest BCUT2D eigenvalue weighted by Gasteiger charge is 2.28. The summed E-state index contributed by atoms with van der Waals surface area (Å²) in [6.45, 7) is 6.78. The van der Waals surface area contributed by atoms with E-state index in [1.165, 1.54) is 18.2 Å². The van der Waals surface area contributed by atoms with Crippen molar-refractivity contribution in [3.63, 3.8) is 0 Å². The van der Waals surface area contributed by atoms with Crippen molar-refractivity contribution in [1.82, 2.24) is 5.32 Å². The maximum atomic E-state index is 13.1. The van der Waals surface area contributed by atoms with E-state index in [2.05, 4.69) is 10.6 Å². The lowest BCUT2D eigenvalue weighted by molar-refractivity contribution is -0.385. The maximum absolute atomic E-state index is 13.1. The molecule has 1 heterocycles. The van der Waals surface area contributed by atoms with Crippen LogP contribution >= 0.6 is 11.3 Å². The van der Waals surface area contributed by atoms with Crippen LogP contribution in [0.1, 0.15) is 67.0 Å².